The zero-order valence-electron chi connectivity index (χ0n) is 13.8. The summed E-state index contributed by atoms with van der Waals surface area (Å²) >= 11 is 0. The highest BCUT2D eigenvalue weighted by atomic mass is 16.5. The van der Waals surface area contributed by atoms with Crippen LogP contribution in [0.15, 0.2) is 18.2 Å². The van der Waals surface area contributed by atoms with Gasteiger partial charge in [0.2, 0.25) is 5.91 Å². The molecule has 1 saturated heterocycles. The first kappa shape index (κ1) is 17.1. The van der Waals surface area contributed by atoms with Crippen molar-refractivity contribution in [3.05, 3.63) is 34.9 Å². The van der Waals surface area contributed by atoms with E-state index in [1.54, 1.807) is 18.1 Å². The number of nitrogens with zero attached hydrogens (tertiary/aromatic N) is 1. The summed E-state index contributed by atoms with van der Waals surface area (Å²) in [7, 11) is 1.63. The summed E-state index contributed by atoms with van der Waals surface area (Å²) in [6.07, 6.45) is 4.45. The minimum Gasteiger partial charge on any atom is -0.497 e. The number of carbonyl (C=O) groups excluding carboxylic acids is 1. The predicted molar refractivity (Wildman–Crippen MR) is 88.4 cm³/mol. The highest BCUT2D eigenvalue weighted by molar-refractivity contribution is 5.92. The van der Waals surface area contributed by atoms with Crippen molar-refractivity contribution >= 4 is 18.0 Å². The summed E-state index contributed by atoms with van der Waals surface area (Å²) in [5.41, 5.74) is 3.12. The number of ether oxygens (including phenoxy) is 1. The van der Waals surface area contributed by atoms with Gasteiger partial charge in [0.15, 0.2) is 0 Å². The standard InChI is InChI=1S/C18H23NO4/c1-12-10-15(23-3)11-13(2)16(12)4-5-17(20)19-8-6-14(7-9-19)18(21)22/h4-5,10-11,14H,6-9H2,1-3H3,(H,21,22)/b5-4+. The van der Waals surface area contributed by atoms with Gasteiger partial charge >= 0.3 is 5.97 Å². The lowest BCUT2D eigenvalue weighted by Crippen LogP contribution is -2.39. The van der Waals surface area contributed by atoms with Crippen molar-refractivity contribution in [3.8, 4) is 5.75 Å². The van der Waals surface area contributed by atoms with E-state index in [1.165, 1.54) is 0 Å². The summed E-state index contributed by atoms with van der Waals surface area (Å²) in [4.78, 5) is 24.9. The number of rotatable bonds is 4. The van der Waals surface area contributed by atoms with Gasteiger partial charge in [0.05, 0.1) is 13.0 Å². The lowest BCUT2D eigenvalue weighted by Gasteiger charge is -2.29. The molecule has 0 unspecified atom stereocenters. The average molecular weight is 317 g/mol. The molecule has 0 saturated carbocycles. The zero-order valence-corrected chi connectivity index (χ0v) is 13.8. The molecule has 0 atom stereocenters. The number of piperidine rings is 1. The van der Waals surface area contributed by atoms with E-state index >= 15 is 0 Å². The molecule has 1 aliphatic heterocycles. The van der Waals surface area contributed by atoms with Crippen molar-refractivity contribution in [2.24, 2.45) is 5.92 Å². The Balaban J connectivity index is 2.03. The number of likely N-dealkylation sites (tertiary alicyclic amines) is 1. The Labute approximate surface area is 136 Å². The van der Waals surface area contributed by atoms with Gasteiger partial charge in [-0.25, -0.2) is 0 Å². The summed E-state index contributed by atoms with van der Waals surface area (Å²) in [6.45, 7) is 4.97. The lowest BCUT2D eigenvalue weighted by atomic mass is 9.97. The molecule has 0 radical (unpaired) electrons. The van der Waals surface area contributed by atoms with E-state index in [9.17, 15) is 9.59 Å². The second kappa shape index (κ2) is 7.31. The van der Waals surface area contributed by atoms with Crippen LogP contribution >= 0.6 is 0 Å². The van der Waals surface area contributed by atoms with Gasteiger partial charge in [0, 0.05) is 19.2 Å². The molecule has 1 fully saturated rings. The Bertz CT molecular complexity index is 605. The van der Waals surface area contributed by atoms with Gasteiger partial charge in [0.25, 0.3) is 0 Å². The fraction of sp³-hybridized carbons (Fsp3) is 0.444. The van der Waals surface area contributed by atoms with Gasteiger partial charge in [-0.15, -0.1) is 0 Å². The number of aliphatic carboxylic acids is 1. The van der Waals surface area contributed by atoms with Crippen molar-refractivity contribution < 1.29 is 19.4 Å². The summed E-state index contributed by atoms with van der Waals surface area (Å²) in [5.74, 6) is -0.353. The third-order valence-electron chi connectivity index (χ3n) is 4.35. The topological polar surface area (TPSA) is 66.8 Å². The number of methoxy groups -OCH3 is 1. The van der Waals surface area contributed by atoms with Crippen LogP contribution in [-0.2, 0) is 9.59 Å². The van der Waals surface area contributed by atoms with E-state index in [0.29, 0.717) is 25.9 Å². The Morgan fingerprint density at radius 3 is 2.26 bits per heavy atom. The van der Waals surface area contributed by atoms with Crippen molar-refractivity contribution in [3.63, 3.8) is 0 Å². The average Bonchev–Trinajstić information content (AvgIpc) is 2.53. The van der Waals surface area contributed by atoms with Gasteiger partial charge in [-0.2, -0.15) is 0 Å². The van der Waals surface area contributed by atoms with Crippen LogP contribution in [0.25, 0.3) is 6.08 Å². The van der Waals surface area contributed by atoms with E-state index in [4.69, 9.17) is 9.84 Å². The van der Waals surface area contributed by atoms with Crippen LogP contribution in [-0.4, -0.2) is 42.1 Å². The molecule has 0 bridgehead atoms. The minimum absolute atomic E-state index is 0.0662. The number of carboxylic acids is 1. The highest BCUT2D eigenvalue weighted by Gasteiger charge is 2.25. The van der Waals surface area contributed by atoms with Gasteiger partial charge < -0.3 is 14.7 Å². The maximum absolute atomic E-state index is 12.3. The summed E-state index contributed by atoms with van der Waals surface area (Å²) in [6, 6.07) is 3.88. The molecular formula is C18H23NO4. The van der Waals surface area contributed by atoms with Gasteiger partial charge in [-0.3, -0.25) is 9.59 Å². The number of hydrogen-bond donors (Lipinski definition) is 1. The molecule has 0 spiro atoms. The van der Waals surface area contributed by atoms with Crippen LogP contribution in [0.2, 0.25) is 0 Å². The fourth-order valence-electron chi connectivity index (χ4n) is 2.92. The molecule has 1 heterocycles. The summed E-state index contributed by atoms with van der Waals surface area (Å²) < 4.78 is 5.23. The van der Waals surface area contributed by atoms with Crippen LogP contribution in [0.4, 0.5) is 0 Å². The third kappa shape index (κ3) is 4.12. The Morgan fingerprint density at radius 1 is 1.22 bits per heavy atom. The van der Waals surface area contributed by atoms with Crippen molar-refractivity contribution in [2.45, 2.75) is 26.7 Å². The minimum atomic E-state index is -0.767. The predicted octanol–water partition coefficient (Wildman–Crippen LogP) is 2.65. The molecule has 1 aromatic carbocycles. The van der Waals surface area contributed by atoms with Crippen molar-refractivity contribution in [1.29, 1.82) is 0 Å². The maximum atomic E-state index is 12.3. The Morgan fingerprint density at radius 2 is 1.78 bits per heavy atom. The third-order valence-corrected chi connectivity index (χ3v) is 4.35. The van der Waals surface area contributed by atoms with E-state index in [2.05, 4.69) is 0 Å². The number of hydrogen-bond acceptors (Lipinski definition) is 3. The number of benzene rings is 1. The van der Waals surface area contributed by atoms with Crippen molar-refractivity contribution in [1.82, 2.24) is 4.90 Å². The van der Waals surface area contributed by atoms with E-state index in [-0.39, 0.29) is 11.8 Å². The smallest absolute Gasteiger partial charge is 0.306 e. The quantitative estimate of drug-likeness (QED) is 0.867. The molecule has 1 amide bonds. The van der Waals surface area contributed by atoms with Crippen LogP contribution in [0.1, 0.15) is 29.5 Å². The normalized spacial score (nSPS) is 15.9. The molecular weight excluding hydrogens is 294 g/mol. The second-order valence-corrected chi connectivity index (χ2v) is 5.95. The largest absolute Gasteiger partial charge is 0.497 e. The van der Waals surface area contributed by atoms with Crippen molar-refractivity contribution in [2.75, 3.05) is 20.2 Å². The van der Waals surface area contributed by atoms with Gasteiger partial charge in [-0.1, -0.05) is 0 Å². The Kier molecular flexibility index (Phi) is 5.42. The number of aryl methyl sites for hydroxylation is 2. The number of amides is 1. The van der Waals surface area contributed by atoms with Gasteiger partial charge in [0.1, 0.15) is 5.75 Å². The molecule has 23 heavy (non-hydrogen) atoms. The van der Waals surface area contributed by atoms with Crippen LogP contribution in [0, 0.1) is 19.8 Å². The molecule has 0 aliphatic carbocycles. The van der Waals surface area contributed by atoms with E-state index in [0.717, 1.165) is 22.4 Å². The van der Waals surface area contributed by atoms with E-state index in [1.807, 2.05) is 32.1 Å². The van der Waals surface area contributed by atoms with E-state index < -0.39 is 5.97 Å². The van der Waals surface area contributed by atoms with Crippen LogP contribution in [0.5, 0.6) is 5.75 Å². The van der Waals surface area contributed by atoms with Crippen LogP contribution in [0.3, 0.4) is 0 Å². The van der Waals surface area contributed by atoms with Gasteiger partial charge in [-0.05, 0) is 61.6 Å². The SMILES string of the molecule is COc1cc(C)c(/C=C/C(=O)N2CCC(C(=O)O)CC2)c(C)c1. The molecule has 0 aromatic heterocycles. The lowest BCUT2D eigenvalue weighted by molar-refractivity contribution is -0.144. The Hall–Kier alpha value is -2.30. The first-order chi connectivity index (χ1) is 10.9. The molecule has 124 valence electrons. The monoisotopic (exact) mass is 317 g/mol. The summed E-state index contributed by atoms with van der Waals surface area (Å²) in [5, 5.41) is 8.99. The molecule has 1 N–H and O–H groups in total. The molecule has 1 aliphatic rings. The first-order valence-electron chi connectivity index (χ1n) is 7.77. The fourth-order valence-corrected chi connectivity index (χ4v) is 2.92. The second-order valence-electron chi connectivity index (χ2n) is 5.95. The molecule has 5 heteroatoms. The molecule has 1 aromatic rings. The number of carbonyl (C=O) groups is 2. The highest BCUT2D eigenvalue weighted by Crippen LogP contribution is 2.23. The number of carboxylic acid groups (broad SMARTS) is 1. The molecule has 5 nitrogen and oxygen atoms in total. The first-order valence-corrected chi connectivity index (χ1v) is 7.77. The maximum Gasteiger partial charge on any atom is 0.306 e. The van der Waals surface area contributed by atoms with Crippen LogP contribution < -0.4 is 4.74 Å². The zero-order chi connectivity index (χ0) is 17.0. The molecule has 2 rings (SSSR count).